The summed E-state index contributed by atoms with van der Waals surface area (Å²) in [5, 5.41) is 0.608. The second-order valence-electron chi connectivity index (χ2n) is 3.50. The largest absolute Gasteiger partial charge is 0.341 e. The smallest absolute Gasteiger partial charge is 0.256 e. The van der Waals surface area contributed by atoms with Crippen LogP contribution in [0, 0.1) is 18.6 Å². The van der Waals surface area contributed by atoms with Crippen LogP contribution in [-0.4, -0.2) is 29.7 Å². The second kappa shape index (κ2) is 5.39. The average Bonchev–Trinajstić information content (AvgIpc) is 2.23. The normalized spacial score (nSPS) is 10.3. The summed E-state index contributed by atoms with van der Waals surface area (Å²) in [6.07, 6.45) is 0. The maximum absolute atomic E-state index is 13.4. The molecule has 0 fully saturated rings. The highest BCUT2D eigenvalue weighted by molar-refractivity contribution is 9.09. The van der Waals surface area contributed by atoms with Crippen molar-refractivity contribution in [3.8, 4) is 0 Å². The molecule has 1 aromatic carbocycles. The summed E-state index contributed by atoms with van der Waals surface area (Å²) in [5.74, 6) is -1.91. The SMILES string of the molecule is Cc1cc(C(=O)N(C)CCBr)c(F)cc1F. The zero-order chi connectivity index (χ0) is 12.3. The highest BCUT2D eigenvalue weighted by Gasteiger charge is 2.17. The molecule has 5 heteroatoms. The molecule has 0 atom stereocenters. The molecule has 16 heavy (non-hydrogen) atoms. The van der Waals surface area contributed by atoms with Gasteiger partial charge in [-0.1, -0.05) is 15.9 Å². The van der Waals surface area contributed by atoms with E-state index in [9.17, 15) is 13.6 Å². The molecule has 0 aliphatic heterocycles. The van der Waals surface area contributed by atoms with E-state index in [1.54, 1.807) is 7.05 Å². The van der Waals surface area contributed by atoms with Gasteiger partial charge in [0.15, 0.2) is 0 Å². The van der Waals surface area contributed by atoms with Gasteiger partial charge in [-0.05, 0) is 18.6 Å². The number of rotatable bonds is 3. The summed E-state index contributed by atoms with van der Waals surface area (Å²) >= 11 is 3.19. The van der Waals surface area contributed by atoms with Gasteiger partial charge in [0, 0.05) is 25.0 Å². The van der Waals surface area contributed by atoms with Crippen molar-refractivity contribution >= 4 is 21.8 Å². The summed E-state index contributed by atoms with van der Waals surface area (Å²) in [6.45, 7) is 1.96. The van der Waals surface area contributed by atoms with Crippen molar-refractivity contribution in [1.29, 1.82) is 0 Å². The van der Waals surface area contributed by atoms with E-state index in [0.717, 1.165) is 6.07 Å². The van der Waals surface area contributed by atoms with Crippen LogP contribution in [0.1, 0.15) is 15.9 Å². The van der Waals surface area contributed by atoms with E-state index >= 15 is 0 Å². The van der Waals surface area contributed by atoms with Gasteiger partial charge in [0.05, 0.1) is 5.56 Å². The Balaban J connectivity index is 3.04. The van der Waals surface area contributed by atoms with E-state index in [2.05, 4.69) is 15.9 Å². The first-order valence-corrected chi connectivity index (χ1v) is 5.86. The van der Waals surface area contributed by atoms with Gasteiger partial charge in [0.1, 0.15) is 11.6 Å². The lowest BCUT2D eigenvalue weighted by Gasteiger charge is -2.16. The van der Waals surface area contributed by atoms with Crippen LogP contribution < -0.4 is 0 Å². The molecule has 0 N–H and O–H groups in total. The number of carbonyl (C=O) groups excluding carboxylic acids is 1. The monoisotopic (exact) mass is 291 g/mol. The van der Waals surface area contributed by atoms with Crippen molar-refractivity contribution in [3.63, 3.8) is 0 Å². The number of benzene rings is 1. The van der Waals surface area contributed by atoms with Crippen LogP contribution in [0.2, 0.25) is 0 Å². The number of amides is 1. The maximum atomic E-state index is 13.4. The molecule has 0 saturated heterocycles. The van der Waals surface area contributed by atoms with Gasteiger partial charge >= 0.3 is 0 Å². The highest BCUT2D eigenvalue weighted by Crippen LogP contribution is 2.15. The van der Waals surface area contributed by atoms with E-state index in [1.165, 1.54) is 17.9 Å². The zero-order valence-electron chi connectivity index (χ0n) is 9.06. The molecule has 0 saturated carbocycles. The Bertz CT molecular complexity index is 409. The topological polar surface area (TPSA) is 20.3 Å². The van der Waals surface area contributed by atoms with Crippen molar-refractivity contribution in [2.24, 2.45) is 0 Å². The summed E-state index contributed by atoms with van der Waals surface area (Å²) in [7, 11) is 1.57. The number of halogens is 3. The van der Waals surface area contributed by atoms with E-state index in [4.69, 9.17) is 0 Å². The van der Waals surface area contributed by atoms with Crippen LogP contribution in [0.4, 0.5) is 8.78 Å². The molecule has 0 unspecified atom stereocenters. The predicted molar refractivity (Wildman–Crippen MR) is 61.8 cm³/mol. The Kier molecular flexibility index (Phi) is 4.41. The fraction of sp³-hybridized carbons (Fsp3) is 0.364. The molecule has 0 bridgehead atoms. The summed E-state index contributed by atoms with van der Waals surface area (Å²) < 4.78 is 26.4. The zero-order valence-corrected chi connectivity index (χ0v) is 10.6. The van der Waals surface area contributed by atoms with E-state index in [1.807, 2.05) is 0 Å². The van der Waals surface area contributed by atoms with E-state index in [-0.39, 0.29) is 11.1 Å². The van der Waals surface area contributed by atoms with Gasteiger partial charge in [-0.2, -0.15) is 0 Å². The number of hydrogen-bond acceptors (Lipinski definition) is 1. The van der Waals surface area contributed by atoms with Gasteiger partial charge in [-0.15, -0.1) is 0 Å². The van der Waals surface area contributed by atoms with Crippen LogP contribution in [0.3, 0.4) is 0 Å². The van der Waals surface area contributed by atoms with Crippen molar-refractivity contribution in [2.45, 2.75) is 6.92 Å². The van der Waals surface area contributed by atoms with Crippen molar-refractivity contribution in [3.05, 3.63) is 34.9 Å². The molecule has 1 aromatic rings. The minimum Gasteiger partial charge on any atom is -0.341 e. The first kappa shape index (κ1) is 13.1. The van der Waals surface area contributed by atoms with Gasteiger partial charge in [-0.3, -0.25) is 4.79 Å². The molecular weight excluding hydrogens is 280 g/mol. The third-order valence-corrected chi connectivity index (χ3v) is 2.60. The molecule has 88 valence electrons. The Hall–Kier alpha value is -0.970. The van der Waals surface area contributed by atoms with E-state index in [0.29, 0.717) is 11.9 Å². The average molecular weight is 292 g/mol. The van der Waals surface area contributed by atoms with Crippen molar-refractivity contribution < 1.29 is 13.6 Å². The molecule has 0 spiro atoms. The number of hydrogen-bond donors (Lipinski definition) is 0. The third-order valence-electron chi connectivity index (χ3n) is 2.25. The number of aryl methyl sites for hydroxylation is 1. The van der Waals surface area contributed by atoms with Gasteiger partial charge < -0.3 is 4.90 Å². The minimum absolute atomic E-state index is 0.0950. The quantitative estimate of drug-likeness (QED) is 0.784. The molecule has 0 aliphatic carbocycles. The summed E-state index contributed by atoms with van der Waals surface area (Å²) in [4.78, 5) is 13.1. The second-order valence-corrected chi connectivity index (χ2v) is 4.29. The summed E-state index contributed by atoms with van der Waals surface area (Å²) in [5.41, 5.74) is 0.166. The molecule has 1 rings (SSSR count). The van der Waals surface area contributed by atoms with Crippen molar-refractivity contribution in [2.75, 3.05) is 18.9 Å². The first-order valence-electron chi connectivity index (χ1n) is 4.74. The molecule has 1 amide bonds. The maximum Gasteiger partial charge on any atom is 0.256 e. The van der Waals surface area contributed by atoms with Crippen LogP contribution in [0.15, 0.2) is 12.1 Å². The van der Waals surface area contributed by atoms with Crippen LogP contribution in [-0.2, 0) is 0 Å². The first-order chi connectivity index (χ1) is 7.47. The molecule has 2 nitrogen and oxygen atoms in total. The van der Waals surface area contributed by atoms with Crippen LogP contribution in [0.25, 0.3) is 0 Å². The number of carbonyl (C=O) groups is 1. The molecule has 0 radical (unpaired) electrons. The summed E-state index contributed by atoms with van der Waals surface area (Å²) in [6, 6.07) is 1.97. The van der Waals surface area contributed by atoms with Crippen molar-refractivity contribution in [1.82, 2.24) is 4.90 Å². The molecule has 0 aromatic heterocycles. The lowest BCUT2D eigenvalue weighted by Crippen LogP contribution is -2.29. The Labute approximate surface area is 101 Å². The fourth-order valence-corrected chi connectivity index (χ4v) is 1.79. The number of nitrogens with zero attached hydrogens (tertiary/aromatic N) is 1. The standard InChI is InChI=1S/C11H12BrF2NO/c1-7-5-8(10(14)6-9(7)13)11(16)15(2)4-3-12/h5-6H,3-4H2,1-2H3. The highest BCUT2D eigenvalue weighted by atomic mass is 79.9. The number of alkyl halides is 1. The van der Waals surface area contributed by atoms with Gasteiger partial charge in [0.25, 0.3) is 5.91 Å². The molecule has 0 aliphatic rings. The van der Waals surface area contributed by atoms with Gasteiger partial charge in [-0.25, -0.2) is 8.78 Å². The van der Waals surface area contributed by atoms with Crippen LogP contribution in [0.5, 0.6) is 0 Å². The third kappa shape index (κ3) is 2.78. The lowest BCUT2D eigenvalue weighted by molar-refractivity contribution is 0.0799. The Morgan fingerprint density at radius 3 is 2.56 bits per heavy atom. The lowest BCUT2D eigenvalue weighted by atomic mass is 10.1. The van der Waals surface area contributed by atoms with E-state index < -0.39 is 17.5 Å². The minimum atomic E-state index is -0.825. The van der Waals surface area contributed by atoms with Crippen LogP contribution >= 0.6 is 15.9 Å². The Morgan fingerprint density at radius 1 is 1.38 bits per heavy atom. The Morgan fingerprint density at radius 2 is 2.00 bits per heavy atom. The molecular formula is C11H12BrF2NO. The predicted octanol–water partition coefficient (Wildman–Crippen LogP) is 2.74. The fourth-order valence-electron chi connectivity index (χ4n) is 1.26. The molecule has 0 heterocycles. The van der Waals surface area contributed by atoms with Gasteiger partial charge in [0.2, 0.25) is 0 Å².